The first kappa shape index (κ1) is 12.0. The molecule has 3 fully saturated rings. The summed E-state index contributed by atoms with van der Waals surface area (Å²) in [6.07, 6.45) is 4.35. The van der Waals surface area contributed by atoms with E-state index in [2.05, 4.69) is 31.0 Å². The van der Waals surface area contributed by atoms with Gasteiger partial charge in [0, 0.05) is 18.6 Å². The molecule has 0 aromatic carbocycles. The maximum atomic E-state index is 3.57. The average molecular weight is 236 g/mol. The normalized spacial score (nSPS) is 51.7. The van der Waals surface area contributed by atoms with Crippen LogP contribution in [0.15, 0.2) is 0 Å². The van der Waals surface area contributed by atoms with Gasteiger partial charge in [0.15, 0.2) is 0 Å². The van der Waals surface area contributed by atoms with E-state index in [1.54, 1.807) is 0 Å². The first-order chi connectivity index (χ1) is 8.18. The van der Waals surface area contributed by atoms with E-state index in [1.807, 2.05) is 0 Å². The lowest BCUT2D eigenvalue weighted by Crippen LogP contribution is -2.49. The Kier molecular flexibility index (Phi) is 3.20. The molecule has 0 spiro atoms. The Balaban J connectivity index is 1.75. The molecule has 3 aliphatic rings. The molecule has 2 nitrogen and oxygen atoms in total. The van der Waals surface area contributed by atoms with Gasteiger partial charge in [-0.2, -0.15) is 0 Å². The fourth-order valence-corrected chi connectivity index (χ4v) is 4.91. The van der Waals surface area contributed by atoms with Gasteiger partial charge >= 0.3 is 0 Å². The highest BCUT2D eigenvalue weighted by Crippen LogP contribution is 2.40. The van der Waals surface area contributed by atoms with Crippen LogP contribution in [0.1, 0.15) is 40.0 Å². The van der Waals surface area contributed by atoms with Crippen LogP contribution in [0.4, 0.5) is 0 Å². The first-order valence-electron chi connectivity index (χ1n) is 7.65. The van der Waals surface area contributed by atoms with E-state index >= 15 is 0 Å². The molecule has 3 rings (SSSR count). The Labute approximate surface area is 106 Å². The molecule has 2 saturated heterocycles. The van der Waals surface area contributed by atoms with E-state index in [-0.39, 0.29) is 0 Å². The van der Waals surface area contributed by atoms with E-state index in [4.69, 9.17) is 0 Å². The smallest absolute Gasteiger partial charge is 0.0150 e. The van der Waals surface area contributed by atoms with Crippen LogP contribution in [0.2, 0.25) is 0 Å². The van der Waals surface area contributed by atoms with Crippen LogP contribution in [0.25, 0.3) is 0 Å². The molecule has 1 saturated carbocycles. The second-order valence-corrected chi connectivity index (χ2v) is 6.90. The SMILES string of the molecule is CC1CCCC(C)C1N1CC2CNCC2C1C. The lowest BCUT2D eigenvalue weighted by Gasteiger charge is -2.43. The Morgan fingerprint density at radius 2 is 1.71 bits per heavy atom. The molecule has 1 aliphatic carbocycles. The van der Waals surface area contributed by atoms with Gasteiger partial charge in [-0.1, -0.05) is 20.3 Å². The molecule has 2 aliphatic heterocycles. The number of nitrogens with one attached hydrogen (secondary N) is 1. The van der Waals surface area contributed by atoms with Gasteiger partial charge in [-0.05, 0) is 56.5 Å². The largest absolute Gasteiger partial charge is 0.316 e. The number of likely N-dealkylation sites (tertiary alicyclic amines) is 1. The summed E-state index contributed by atoms with van der Waals surface area (Å²) >= 11 is 0. The van der Waals surface area contributed by atoms with Gasteiger partial charge in [-0.25, -0.2) is 0 Å². The van der Waals surface area contributed by atoms with E-state index in [0.29, 0.717) is 0 Å². The predicted octanol–water partition coefficient (Wildman–Crippen LogP) is 2.35. The summed E-state index contributed by atoms with van der Waals surface area (Å²) in [4.78, 5) is 2.88. The van der Waals surface area contributed by atoms with Crippen LogP contribution in [-0.2, 0) is 0 Å². The number of fused-ring (bicyclic) bond motifs is 1. The van der Waals surface area contributed by atoms with Crippen molar-refractivity contribution >= 4 is 0 Å². The quantitative estimate of drug-likeness (QED) is 0.752. The Morgan fingerprint density at radius 1 is 1.00 bits per heavy atom. The highest BCUT2D eigenvalue weighted by molar-refractivity contribution is 5.01. The number of hydrogen-bond acceptors (Lipinski definition) is 2. The molecule has 5 atom stereocenters. The molecule has 5 unspecified atom stereocenters. The van der Waals surface area contributed by atoms with Crippen molar-refractivity contribution in [1.82, 2.24) is 10.2 Å². The molecular formula is C15H28N2. The van der Waals surface area contributed by atoms with Crippen molar-refractivity contribution in [2.75, 3.05) is 19.6 Å². The summed E-state index contributed by atoms with van der Waals surface area (Å²) < 4.78 is 0. The van der Waals surface area contributed by atoms with Crippen molar-refractivity contribution in [3.8, 4) is 0 Å². The van der Waals surface area contributed by atoms with Crippen molar-refractivity contribution < 1.29 is 0 Å². The minimum atomic E-state index is 0.808. The lowest BCUT2D eigenvalue weighted by atomic mass is 9.77. The van der Waals surface area contributed by atoms with Gasteiger partial charge in [0.2, 0.25) is 0 Å². The molecule has 2 heteroatoms. The standard InChI is InChI=1S/C15H28N2/c1-10-5-4-6-11(2)15(10)17-9-13-7-16-8-14(13)12(17)3/h10-16H,4-9H2,1-3H3. The molecule has 98 valence electrons. The molecule has 0 radical (unpaired) electrons. The molecule has 0 aromatic heterocycles. The first-order valence-corrected chi connectivity index (χ1v) is 7.65. The van der Waals surface area contributed by atoms with Crippen molar-refractivity contribution in [3.05, 3.63) is 0 Å². The van der Waals surface area contributed by atoms with E-state index < -0.39 is 0 Å². The third kappa shape index (κ3) is 1.94. The lowest BCUT2D eigenvalue weighted by molar-refractivity contribution is 0.0556. The zero-order valence-corrected chi connectivity index (χ0v) is 11.7. The second kappa shape index (κ2) is 4.55. The summed E-state index contributed by atoms with van der Waals surface area (Å²) in [5, 5.41) is 3.57. The van der Waals surface area contributed by atoms with Gasteiger partial charge in [0.1, 0.15) is 0 Å². The average Bonchev–Trinajstić information content (AvgIpc) is 2.84. The summed E-state index contributed by atoms with van der Waals surface area (Å²) in [7, 11) is 0. The Bertz CT molecular complexity index is 268. The number of hydrogen-bond donors (Lipinski definition) is 1. The van der Waals surface area contributed by atoms with Gasteiger partial charge in [0.25, 0.3) is 0 Å². The van der Waals surface area contributed by atoms with Crippen LogP contribution in [-0.4, -0.2) is 36.6 Å². The molecule has 1 N–H and O–H groups in total. The van der Waals surface area contributed by atoms with Crippen molar-refractivity contribution in [3.63, 3.8) is 0 Å². The second-order valence-electron chi connectivity index (χ2n) is 6.90. The van der Waals surface area contributed by atoms with Crippen LogP contribution < -0.4 is 5.32 Å². The van der Waals surface area contributed by atoms with Crippen molar-refractivity contribution in [1.29, 1.82) is 0 Å². The van der Waals surface area contributed by atoms with Gasteiger partial charge in [-0.3, -0.25) is 4.90 Å². The van der Waals surface area contributed by atoms with Crippen LogP contribution in [0.3, 0.4) is 0 Å². The van der Waals surface area contributed by atoms with E-state index in [0.717, 1.165) is 35.8 Å². The molecule has 0 bridgehead atoms. The van der Waals surface area contributed by atoms with Crippen LogP contribution in [0, 0.1) is 23.7 Å². The molecule has 0 aromatic rings. The predicted molar refractivity (Wildman–Crippen MR) is 72.0 cm³/mol. The van der Waals surface area contributed by atoms with Crippen molar-refractivity contribution in [2.24, 2.45) is 23.7 Å². The highest BCUT2D eigenvalue weighted by atomic mass is 15.2. The molecule has 0 amide bonds. The maximum Gasteiger partial charge on any atom is 0.0150 e. The molecule has 17 heavy (non-hydrogen) atoms. The zero-order chi connectivity index (χ0) is 12.0. The van der Waals surface area contributed by atoms with Crippen molar-refractivity contribution in [2.45, 2.75) is 52.1 Å². The fraction of sp³-hybridized carbons (Fsp3) is 1.00. The third-order valence-corrected chi connectivity index (χ3v) is 5.85. The van der Waals surface area contributed by atoms with Gasteiger partial charge in [0.05, 0.1) is 0 Å². The van der Waals surface area contributed by atoms with Crippen LogP contribution >= 0.6 is 0 Å². The Morgan fingerprint density at radius 3 is 2.35 bits per heavy atom. The minimum Gasteiger partial charge on any atom is -0.316 e. The summed E-state index contributed by atoms with van der Waals surface area (Å²) in [5.74, 6) is 3.68. The summed E-state index contributed by atoms with van der Waals surface area (Å²) in [6, 6.07) is 1.67. The third-order valence-electron chi connectivity index (χ3n) is 5.85. The van der Waals surface area contributed by atoms with Crippen LogP contribution in [0.5, 0.6) is 0 Å². The minimum absolute atomic E-state index is 0.808. The fourth-order valence-electron chi connectivity index (χ4n) is 4.91. The highest BCUT2D eigenvalue weighted by Gasteiger charge is 2.46. The van der Waals surface area contributed by atoms with Gasteiger partial charge in [-0.15, -0.1) is 0 Å². The van der Waals surface area contributed by atoms with Gasteiger partial charge < -0.3 is 5.32 Å². The Hall–Kier alpha value is -0.0800. The number of rotatable bonds is 1. The topological polar surface area (TPSA) is 15.3 Å². The van der Waals surface area contributed by atoms with E-state index in [9.17, 15) is 0 Å². The summed E-state index contributed by atoms with van der Waals surface area (Å²) in [5.41, 5.74) is 0. The maximum absolute atomic E-state index is 3.57. The van der Waals surface area contributed by atoms with E-state index in [1.165, 1.54) is 38.9 Å². The number of nitrogens with zero attached hydrogens (tertiary/aromatic N) is 1. The molecule has 2 heterocycles. The zero-order valence-electron chi connectivity index (χ0n) is 11.7. The molecular weight excluding hydrogens is 208 g/mol. The monoisotopic (exact) mass is 236 g/mol. The summed E-state index contributed by atoms with van der Waals surface area (Å²) in [6.45, 7) is 11.3.